The van der Waals surface area contributed by atoms with Crippen molar-refractivity contribution in [1.29, 1.82) is 5.53 Å². The van der Waals surface area contributed by atoms with Crippen molar-refractivity contribution >= 4 is 7.60 Å². The maximum Gasteiger partial charge on any atom is 0.325 e. The smallest absolute Gasteiger partial charge is 0.324 e. The predicted octanol–water partition coefficient (Wildman–Crippen LogP) is 0.833. The lowest BCUT2D eigenvalue weighted by Gasteiger charge is -2.09. The Kier molecular flexibility index (Phi) is 6.02. The van der Waals surface area contributed by atoms with Crippen LogP contribution in [-0.4, -0.2) is 33.9 Å². The summed E-state index contributed by atoms with van der Waals surface area (Å²) in [4.78, 5) is 20.9. The third-order valence-electron chi connectivity index (χ3n) is 1.42. The van der Waals surface area contributed by atoms with Gasteiger partial charge >= 0.3 is 7.60 Å². The van der Waals surface area contributed by atoms with Gasteiger partial charge in [-0.3, -0.25) is 9.82 Å². The van der Waals surface area contributed by atoms with Gasteiger partial charge in [0.25, 0.3) is 0 Å². The third-order valence-corrected chi connectivity index (χ3v) is 2.32. The molecule has 0 amide bonds. The zero-order valence-electron chi connectivity index (χ0n) is 6.96. The molecular formula is C5H13N2O5P. The fourth-order valence-electron chi connectivity index (χ4n) is 0.804. The van der Waals surface area contributed by atoms with Crippen LogP contribution in [0.15, 0.2) is 5.11 Å². The van der Waals surface area contributed by atoms with E-state index in [1.807, 2.05) is 0 Å². The summed E-state index contributed by atoms with van der Waals surface area (Å²) in [5.41, 5.74) is 6.48. The number of nitrogens with one attached hydrogen (secondary N) is 1. The van der Waals surface area contributed by atoms with Crippen molar-refractivity contribution in [3.8, 4) is 0 Å². The Labute approximate surface area is 75.3 Å². The summed E-state index contributed by atoms with van der Waals surface area (Å²) in [6.45, 7) is -0.00232. The highest BCUT2D eigenvalue weighted by molar-refractivity contribution is 7.51. The van der Waals surface area contributed by atoms with Gasteiger partial charge in [0.2, 0.25) is 0 Å². The van der Waals surface area contributed by atoms with Crippen molar-refractivity contribution in [2.45, 2.75) is 18.9 Å². The second-order valence-corrected chi connectivity index (χ2v) is 4.38. The molecule has 0 saturated heterocycles. The van der Waals surface area contributed by atoms with Gasteiger partial charge in [0.05, 0.1) is 6.54 Å². The Morgan fingerprint density at radius 2 is 2.15 bits per heavy atom. The molecule has 0 saturated carbocycles. The van der Waals surface area contributed by atoms with Crippen LogP contribution in [0.5, 0.6) is 0 Å². The van der Waals surface area contributed by atoms with Crippen molar-refractivity contribution in [2.75, 3.05) is 12.7 Å². The average Bonchev–Trinajstić information content (AvgIpc) is 2.01. The third kappa shape index (κ3) is 8.01. The molecule has 13 heavy (non-hydrogen) atoms. The molecule has 0 aliphatic carbocycles. The lowest BCUT2D eigenvalue weighted by molar-refractivity contribution is -0.277. The molecule has 0 aromatic rings. The van der Waals surface area contributed by atoms with E-state index >= 15 is 0 Å². The molecule has 0 spiro atoms. The molecule has 0 rings (SSSR count). The summed E-state index contributed by atoms with van der Waals surface area (Å²) in [5, 5.41) is 11.2. The van der Waals surface area contributed by atoms with Crippen molar-refractivity contribution in [2.24, 2.45) is 5.11 Å². The SMILES string of the molecule is N=NCC(CCCP(=O)(O)O)OO. The Morgan fingerprint density at radius 1 is 1.54 bits per heavy atom. The lowest BCUT2D eigenvalue weighted by Crippen LogP contribution is -2.14. The van der Waals surface area contributed by atoms with E-state index in [2.05, 4.69) is 10.0 Å². The summed E-state index contributed by atoms with van der Waals surface area (Å²) in [6.07, 6.45) is -0.399. The molecule has 78 valence electrons. The monoisotopic (exact) mass is 212 g/mol. The number of rotatable bonds is 7. The molecule has 0 radical (unpaired) electrons. The van der Waals surface area contributed by atoms with Gasteiger partial charge in [-0.1, -0.05) is 0 Å². The highest BCUT2D eigenvalue weighted by atomic mass is 31.2. The molecular weight excluding hydrogens is 199 g/mol. The quantitative estimate of drug-likeness (QED) is 0.215. The van der Waals surface area contributed by atoms with Crippen molar-refractivity contribution in [3.63, 3.8) is 0 Å². The van der Waals surface area contributed by atoms with E-state index in [-0.39, 0.29) is 25.5 Å². The van der Waals surface area contributed by atoms with E-state index in [1.165, 1.54) is 0 Å². The first-order valence-corrected chi connectivity index (χ1v) is 5.47. The molecule has 0 aliphatic rings. The maximum atomic E-state index is 10.4. The molecule has 0 heterocycles. The van der Waals surface area contributed by atoms with Gasteiger partial charge in [-0.05, 0) is 12.8 Å². The van der Waals surface area contributed by atoms with Crippen LogP contribution in [0.25, 0.3) is 0 Å². The van der Waals surface area contributed by atoms with Crippen LogP contribution in [0, 0.1) is 5.53 Å². The van der Waals surface area contributed by atoms with Crippen LogP contribution in [-0.2, 0) is 9.45 Å². The lowest BCUT2D eigenvalue weighted by atomic mass is 10.2. The minimum absolute atomic E-state index is 0.00232. The van der Waals surface area contributed by atoms with Gasteiger partial charge in [-0.25, -0.2) is 10.4 Å². The summed E-state index contributed by atoms with van der Waals surface area (Å²) in [5.74, 6) is 0. The molecule has 0 aromatic heterocycles. The van der Waals surface area contributed by atoms with Crippen LogP contribution < -0.4 is 0 Å². The standard InChI is InChI=1S/C5H13N2O5P/c6-7-4-5(12-8)2-1-3-13(9,10)11/h5-6,8H,1-4H2,(H2,9,10,11). The van der Waals surface area contributed by atoms with Gasteiger partial charge in [0.1, 0.15) is 6.10 Å². The first kappa shape index (κ1) is 12.7. The zero-order chi connectivity index (χ0) is 10.3. The van der Waals surface area contributed by atoms with Gasteiger partial charge < -0.3 is 9.79 Å². The summed E-state index contributed by atoms with van der Waals surface area (Å²) < 4.78 is 10.4. The average molecular weight is 212 g/mol. The number of hydrogen-bond acceptors (Lipinski definition) is 5. The highest BCUT2D eigenvalue weighted by Gasteiger charge is 2.15. The first-order valence-electron chi connectivity index (χ1n) is 3.67. The second kappa shape index (κ2) is 6.17. The van der Waals surface area contributed by atoms with Crippen LogP contribution >= 0.6 is 7.60 Å². The van der Waals surface area contributed by atoms with Crippen LogP contribution in [0.1, 0.15) is 12.8 Å². The topological polar surface area (TPSA) is 123 Å². The predicted molar refractivity (Wildman–Crippen MR) is 43.7 cm³/mol. The second-order valence-electron chi connectivity index (χ2n) is 2.60. The van der Waals surface area contributed by atoms with E-state index < -0.39 is 13.7 Å². The van der Waals surface area contributed by atoms with Crippen molar-refractivity contribution in [3.05, 3.63) is 0 Å². The normalized spacial score (nSPS) is 14.1. The van der Waals surface area contributed by atoms with Gasteiger partial charge in [0, 0.05) is 6.16 Å². The Morgan fingerprint density at radius 3 is 2.54 bits per heavy atom. The molecule has 4 N–H and O–H groups in total. The van der Waals surface area contributed by atoms with E-state index in [0.29, 0.717) is 0 Å². The first-order chi connectivity index (χ1) is 5.99. The molecule has 0 bridgehead atoms. The summed E-state index contributed by atoms with van der Waals surface area (Å²) >= 11 is 0. The molecule has 1 atom stereocenters. The fourth-order valence-corrected chi connectivity index (χ4v) is 1.40. The molecule has 0 aromatic carbocycles. The van der Waals surface area contributed by atoms with Crippen LogP contribution in [0.3, 0.4) is 0 Å². The Balaban J connectivity index is 3.60. The Bertz CT molecular complexity index is 193. The van der Waals surface area contributed by atoms with Crippen LogP contribution in [0.4, 0.5) is 0 Å². The van der Waals surface area contributed by atoms with E-state index in [4.69, 9.17) is 20.6 Å². The highest BCUT2D eigenvalue weighted by Crippen LogP contribution is 2.35. The van der Waals surface area contributed by atoms with Crippen molar-refractivity contribution in [1.82, 2.24) is 0 Å². The zero-order valence-corrected chi connectivity index (χ0v) is 7.85. The van der Waals surface area contributed by atoms with Crippen molar-refractivity contribution < 1.29 is 24.5 Å². The van der Waals surface area contributed by atoms with E-state index in [1.54, 1.807) is 0 Å². The molecule has 8 heteroatoms. The number of nitrogens with zero attached hydrogens (tertiary/aromatic N) is 1. The molecule has 1 unspecified atom stereocenters. The maximum absolute atomic E-state index is 10.4. The minimum atomic E-state index is -3.97. The number of hydrogen-bond donors (Lipinski definition) is 4. The van der Waals surface area contributed by atoms with E-state index in [9.17, 15) is 4.57 Å². The Hall–Kier alpha value is -0.330. The van der Waals surface area contributed by atoms with Crippen LogP contribution in [0.2, 0.25) is 0 Å². The summed E-state index contributed by atoms with van der Waals surface area (Å²) in [6, 6.07) is 0. The van der Waals surface area contributed by atoms with Gasteiger partial charge in [-0.2, -0.15) is 5.11 Å². The molecule has 0 fully saturated rings. The molecule has 7 nitrogen and oxygen atoms in total. The minimum Gasteiger partial charge on any atom is -0.324 e. The fraction of sp³-hybridized carbons (Fsp3) is 1.00. The van der Waals surface area contributed by atoms with E-state index in [0.717, 1.165) is 0 Å². The largest absolute Gasteiger partial charge is 0.325 e. The summed E-state index contributed by atoms with van der Waals surface area (Å²) in [7, 11) is -3.97. The van der Waals surface area contributed by atoms with Gasteiger partial charge in [-0.15, -0.1) is 0 Å². The molecule has 0 aliphatic heterocycles. The van der Waals surface area contributed by atoms with Gasteiger partial charge in [0.15, 0.2) is 0 Å².